The van der Waals surface area contributed by atoms with Crippen LogP contribution >= 0.6 is 0 Å². The first-order valence-corrected chi connectivity index (χ1v) is 11.9. The Morgan fingerprint density at radius 2 is 1.77 bits per heavy atom. The molecule has 2 atom stereocenters. The predicted molar refractivity (Wildman–Crippen MR) is 114 cm³/mol. The quantitative estimate of drug-likeness (QED) is 0.558. The summed E-state index contributed by atoms with van der Waals surface area (Å²) in [6.45, 7) is 1.93. The van der Waals surface area contributed by atoms with E-state index in [1.165, 1.54) is 12.1 Å². The van der Waals surface area contributed by atoms with Gasteiger partial charge in [-0.05, 0) is 72.9 Å². The Morgan fingerprint density at radius 1 is 1.06 bits per heavy atom. The highest BCUT2D eigenvalue weighted by molar-refractivity contribution is 7.89. The Kier molecular flexibility index (Phi) is 6.15. The van der Waals surface area contributed by atoms with E-state index < -0.39 is 10.0 Å². The number of hydrogen-bond donors (Lipinski definition) is 0. The van der Waals surface area contributed by atoms with Crippen molar-refractivity contribution in [3.8, 4) is 0 Å². The molecule has 31 heavy (non-hydrogen) atoms. The summed E-state index contributed by atoms with van der Waals surface area (Å²) in [6.07, 6.45) is 3.61. The molecule has 3 aromatic rings. The molecular weight excluding hydrogens is 417 g/mol. The van der Waals surface area contributed by atoms with Gasteiger partial charge in [0.15, 0.2) is 5.82 Å². The van der Waals surface area contributed by atoms with Crippen LogP contribution in [0.5, 0.6) is 0 Å². The maximum Gasteiger partial charge on any atom is 0.243 e. The van der Waals surface area contributed by atoms with Gasteiger partial charge in [0, 0.05) is 19.5 Å². The Morgan fingerprint density at radius 3 is 2.42 bits per heavy atom. The van der Waals surface area contributed by atoms with Crippen molar-refractivity contribution in [1.29, 1.82) is 0 Å². The lowest BCUT2D eigenvalue weighted by molar-refractivity contribution is 0.308. The minimum Gasteiger partial charge on any atom is -0.233 e. The highest BCUT2D eigenvalue weighted by atomic mass is 32.2. The molecule has 2 aromatic carbocycles. The van der Waals surface area contributed by atoms with Crippen LogP contribution in [0.4, 0.5) is 4.39 Å². The summed E-state index contributed by atoms with van der Waals surface area (Å²) < 4.78 is 44.1. The van der Waals surface area contributed by atoms with Crippen molar-refractivity contribution < 1.29 is 12.8 Å². The van der Waals surface area contributed by atoms with E-state index in [-0.39, 0.29) is 22.8 Å². The SMILES string of the molecule is Cc1ccc(S(=O)(=O)N2C(CCCc3nnnn3C)CCC2c2ccc(F)cc2)cc1. The van der Waals surface area contributed by atoms with Gasteiger partial charge in [0.05, 0.1) is 10.9 Å². The number of halogens is 1. The molecule has 2 heterocycles. The van der Waals surface area contributed by atoms with Crippen molar-refractivity contribution in [3.63, 3.8) is 0 Å². The van der Waals surface area contributed by atoms with Gasteiger partial charge < -0.3 is 0 Å². The van der Waals surface area contributed by atoms with Crippen molar-refractivity contribution >= 4 is 10.0 Å². The third-order valence-corrected chi connectivity index (χ3v) is 7.91. The van der Waals surface area contributed by atoms with Crippen LogP contribution < -0.4 is 0 Å². The largest absolute Gasteiger partial charge is 0.243 e. The smallest absolute Gasteiger partial charge is 0.233 e. The first kappa shape index (κ1) is 21.6. The highest BCUT2D eigenvalue weighted by Gasteiger charge is 2.42. The zero-order chi connectivity index (χ0) is 22.0. The number of hydrogen-bond acceptors (Lipinski definition) is 5. The fourth-order valence-corrected chi connectivity index (χ4v) is 6.17. The van der Waals surface area contributed by atoms with Gasteiger partial charge in [-0.3, -0.25) is 0 Å². The van der Waals surface area contributed by atoms with Crippen molar-refractivity contribution in [3.05, 3.63) is 71.3 Å². The van der Waals surface area contributed by atoms with E-state index >= 15 is 0 Å². The Hall–Kier alpha value is -2.65. The first-order valence-electron chi connectivity index (χ1n) is 10.4. The van der Waals surface area contributed by atoms with Crippen LogP contribution in [0.3, 0.4) is 0 Å². The standard InChI is InChI=1S/C22H26FN5O2S/c1-16-6-13-20(14-7-16)31(29,30)28-19(4-3-5-22-24-25-26-27(22)2)12-15-21(28)17-8-10-18(23)11-9-17/h6-11,13-14,19,21H,3-5,12,15H2,1-2H3. The minimum absolute atomic E-state index is 0.137. The summed E-state index contributed by atoms with van der Waals surface area (Å²) in [5, 5.41) is 11.5. The monoisotopic (exact) mass is 443 g/mol. The number of aromatic nitrogens is 4. The number of aryl methyl sites for hydroxylation is 3. The van der Waals surface area contributed by atoms with E-state index in [9.17, 15) is 12.8 Å². The summed E-state index contributed by atoms with van der Waals surface area (Å²) in [5.74, 6) is 0.449. The van der Waals surface area contributed by atoms with Crippen LogP contribution in [0.1, 0.15) is 48.7 Å². The van der Waals surface area contributed by atoms with Crippen LogP contribution in [0, 0.1) is 12.7 Å². The zero-order valence-corrected chi connectivity index (χ0v) is 18.5. The number of benzene rings is 2. The van der Waals surface area contributed by atoms with Crippen molar-refractivity contribution in [2.45, 2.75) is 56.0 Å². The molecule has 4 rings (SSSR count). The molecule has 1 saturated heterocycles. The van der Waals surface area contributed by atoms with E-state index in [1.54, 1.807) is 40.3 Å². The fourth-order valence-electron chi connectivity index (χ4n) is 4.28. The molecule has 0 bridgehead atoms. The number of nitrogens with zero attached hydrogens (tertiary/aromatic N) is 5. The van der Waals surface area contributed by atoms with Crippen molar-refractivity contribution in [2.24, 2.45) is 7.05 Å². The maximum absolute atomic E-state index is 13.7. The molecule has 1 aliphatic rings. The third-order valence-electron chi connectivity index (χ3n) is 5.94. The van der Waals surface area contributed by atoms with Crippen LogP contribution in [0.15, 0.2) is 53.4 Å². The van der Waals surface area contributed by atoms with Gasteiger partial charge in [-0.25, -0.2) is 17.5 Å². The van der Waals surface area contributed by atoms with Crippen LogP contribution in [0.2, 0.25) is 0 Å². The molecule has 0 radical (unpaired) electrons. The van der Waals surface area contributed by atoms with Gasteiger partial charge in [-0.15, -0.1) is 5.10 Å². The van der Waals surface area contributed by atoms with Gasteiger partial charge in [0.1, 0.15) is 5.82 Å². The molecule has 1 fully saturated rings. The average Bonchev–Trinajstić information content (AvgIpc) is 3.36. The first-order chi connectivity index (χ1) is 14.9. The molecular formula is C22H26FN5O2S. The lowest BCUT2D eigenvalue weighted by Gasteiger charge is -2.30. The summed E-state index contributed by atoms with van der Waals surface area (Å²) in [4.78, 5) is 0.287. The van der Waals surface area contributed by atoms with Crippen LogP contribution in [-0.4, -0.2) is 39.0 Å². The Bertz CT molecular complexity index is 1130. The second-order valence-electron chi connectivity index (χ2n) is 8.06. The Labute approximate surface area is 181 Å². The minimum atomic E-state index is -3.71. The summed E-state index contributed by atoms with van der Waals surface area (Å²) in [6, 6.07) is 12.6. The van der Waals surface area contributed by atoms with E-state index in [0.717, 1.165) is 29.8 Å². The van der Waals surface area contributed by atoms with Gasteiger partial charge in [-0.2, -0.15) is 4.31 Å². The Balaban J connectivity index is 1.61. The second kappa shape index (κ2) is 8.84. The van der Waals surface area contributed by atoms with E-state index in [4.69, 9.17) is 0 Å². The average molecular weight is 444 g/mol. The summed E-state index contributed by atoms with van der Waals surface area (Å²) >= 11 is 0. The molecule has 9 heteroatoms. The van der Waals surface area contributed by atoms with Crippen molar-refractivity contribution in [1.82, 2.24) is 24.5 Å². The van der Waals surface area contributed by atoms with Crippen LogP contribution in [0.25, 0.3) is 0 Å². The molecule has 0 N–H and O–H groups in total. The van der Waals surface area contributed by atoms with Gasteiger partial charge >= 0.3 is 0 Å². The maximum atomic E-state index is 13.7. The molecule has 0 amide bonds. The highest BCUT2D eigenvalue weighted by Crippen LogP contribution is 2.42. The molecule has 164 valence electrons. The molecule has 0 spiro atoms. The number of sulfonamides is 1. The van der Waals surface area contributed by atoms with Gasteiger partial charge in [0.2, 0.25) is 10.0 Å². The topological polar surface area (TPSA) is 81.0 Å². The fraction of sp³-hybridized carbons (Fsp3) is 0.409. The number of rotatable bonds is 7. The molecule has 2 unspecified atom stereocenters. The van der Waals surface area contributed by atoms with Gasteiger partial charge in [-0.1, -0.05) is 29.8 Å². The molecule has 0 saturated carbocycles. The van der Waals surface area contributed by atoms with Crippen LogP contribution in [-0.2, 0) is 23.5 Å². The second-order valence-corrected chi connectivity index (χ2v) is 9.90. The third kappa shape index (κ3) is 4.52. The lowest BCUT2D eigenvalue weighted by Crippen LogP contribution is -2.37. The van der Waals surface area contributed by atoms with E-state index in [0.29, 0.717) is 19.3 Å². The van der Waals surface area contributed by atoms with E-state index in [2.05, 4.69) is 15.5 Å². The molecule has 7 nitrogen and oxygen atoms in total. The number of tetrazole rings is 1. The molecule has 1 aromatic heterocycles. The van der Waals surface area contributed by atoms with Gasteiger partial charge in [0.25, 0.3) is 0 Å². The van der Waals surface area contributed by atoms with E-state index in [1.807, 2.05) is 19.1 Å². The predicted octanol–water partition coefficient (Wildman–Crippen LogP) is 3.57. The molecule has 0 aliphatic carbocycles. The summed E-state index contributed by atoms with van der Waals surface area (Å²) in [5.41, 5.74) is 1.82. The summed E-state index contributed by atoms with van der Waals surface area (Å²) in [7, 11) is -1.92. The molecule has 1 aliphatic heterocycles. The van der Waals surface area contributed by atoms with Crippen molar-refractivity contribution in [2.75, 3.05) is 0 Å². The lowest BCUT2D eigenvalue weighted by atomic mass is 10.0. The zero-order valence-electron chi connectivity index (χ0n) is 17.6. The normalized spacial score (nSPS) is 19.7.